The predicted octanol–water partition coefficient (Wildman–Crippen LogP) is 3.49. The minimum atomic E-state index is 0.693. The van der Waals surface area contributed by atoms with Crippen LogP contribution in [-0.2, 0) is 6.54 Å². The minimum absolute atomic E-state index is 0.693. The van der Waals surface area contributed by atoms with Crippen molar-refractivity contribution in [2.75, 3.05) is 32.0 Å². The van der Waals surface area contributed by atoms with Crippen LogP contribution in [0.2, 0.25) is 0 Å². The first kappa shape index (κ1) is 20.5. The van der Waals surface area contributed by atoms with E-state index in [9.17, 15) is 0 Å². The maximum Gasteiger partial charge on any atom is 0.173 e. The van der Waals surface area contributed by atoms with Gasteiger partial charge in [-0.25, -0.2) is 0 Å². The quantitative estimate of drug-likeness (QED) is 0.624. The van der Waals surface area contributed by atoms with Crippen LogP contribution in [0.4, 0.5) is 5.69 Å². The average molecular weight is 375 g/mol. The van der Waals surface area contributed by atoms with E-state index >= 15 is 0 Å². The molecule has 1 aromatic heterocycles. The van der Waals surface area contributed by atoms with E-state index in [1.165, 1.54) is 24.9 Å². The van der Waals surface area contributed by atoms with Crippen LogP contribution in [0.3, 0.4) is 0 Å². The third-order valence-corrected chi connectivity index (χ3v) is 4.83. The Morgan fingerprint density at radius 1 is 1.19 bits per heavy atom. The summed E-state index contributed by atoms with van der Waals surface area (Å²) >= 11 is 5.69. The summed E-state index contributed by atoms with van der Waals surface area (Å²) in [6.07, 6.45) is 5.36. The summed E-state index contributed by atoms with van der Waals surface area (Å²) in [5, 5.41) is 4.12. The molecule has 0 aliphatic carbocycles. The lowest BCUT2D eigenvalue weighted by Crippen LogP contribution is -3.09. The first-order chi connectivity index (χ1) is 12.6. The third-order valence-electron chi connectivity index (χ3n) is 4.47. The molecule has 2 rings (SSSR count). The second-order valence-corrected chi connectivity index (χ2v) is 7.35. The minimum Gasteiger partial charge on any atom is -0.467 e. The molecule has 0 spiro atoms. The number of unbranched alkanes of at least 4 members (excludes halogenated alkanes) is 1. The number of anilines is 1. The van der Waals surface area contributed by atoms with Crippen molar-refractivity contribution in [1.29, 1.82) is 0 Å². The third kappa shape index (κ3) is 7.18. The molecular weight excluding hydrogens is 342 g/mol. The fraction of sp³-hybridized carbons (Fsp3) is 0.476. The van der Waals surface area contributed by atoms with Gasteiger partial charge in [0.1, 0.15) is 5.76 Å². The van der Waals surface area contributed by atoms with Gasteiger partial charge in [-0.15, -0.1) is 0 Å². The van der Waals surface area contributed by atoms with Gasteiger partial charge in [-0.1, -0.05) is 25.5 Å². The molecule has 26 heavy (non-hydrogen) atoms. The standard InChI is InChI=1S/C21H31N3OS/c1-4-5-12-23(3)13-8-14-24(17-20-11-7-15-25-20)21(26)22-19-10-6-9-18(2)16-19/h6-7,9-11,15-16H,4-5,8,12-14,17H2,1-3H3,(H,22,26)/p+1. The summed E-state index contributed by atoms with van der Waals surface area (Å²) in [4.78, 5) is 3.78. The van der Waals surface area contributed by atoms with Crippen molar-refractivity contribution in [3.8, 4) is 0 Å². The molecule has 0 saturated carbocycles. The van der Waals surface area contributed by atoms with Gasteiger partial charge < -0.3 is 19.5 Å². The molecule has 2 N–H and O–H groups in total. The number of nitrogens with one attached hydrogen (secondary N) is 2. The van der Waals surface area contributed by atoms with Crippen molar-refractivity contribution in [1.82, 2.24) is 4.90 Å². The number of furan rings is 1. The van der Waals surface area contributed by atoms with E-state index in [0.717, 1.165) is 36.1 Å². The lowest BCUT2D eigenvalue weighted by Gasteiger charge is -2.25. The molecule has 142 valence electrons. The van der Waals surface area contributed by atoms with E-state index in [2.05, 4.69) is 43.2 Å². The molecule has 0 saturated heterocycles. The Balaban J connectivity index is 1.92. The van der Waals surface area contributed by atoms with E-state index in [-0.39, 0.29) is 0 Å². The van der Waals surface area contributed by atoms with Crippen LogP contribution in [0.5, 0.6) is 0 Å². The van der Waals surface area contributed by atoms with Gasteiger partial charge in [-0.3, -0.25) is 0 Å². The molecule has 0 radical (unpaired) electrons. The molecule has 0 aliphatic rings. The fourth-order valence-corrected chi connectivity index (χ4v) is 3.22. The van der Waals surface area contributed by atoms with Gasteiger partial charge in [-0.05, 0) is 55.4 Å². The molecule has 1 aromatic carbocycles. The van der Waals surface area contributed by atoms with Gasteiger partial charge >= 0.3 is 0 Å². The highest BCUT2D eigenvalue weighted by Crippen LogP contribution is 2.13. The molecule has 2 aromatic rings. The Morgan fingerprint density at radius 2 is 2.00 bits per heavy atom. The van der Waals surface area contributed by atoms with E-state index < -0.39 is 0 Å². The van der Waals surface area contributed by atoms with Crippen molar-refractivity contribution in [2.45, 2.75) is 39.7 Å². The number of aryl methyl sites for hydroxylation is 1. The lowest BCUT2D eigenvalue weighted by molar-refractivity contribution is -0.880. The molecule has 1 heterocycles. The van der Waals surface area contributed by atoms with Gasteiger partial charge in [0, 0.05) is 18.7 Å². The first-order valence-corrected chi connectivity index (χ1v) is 9.95. The molecule has 4 nitrogen and oxygen atoms in total. The number of benzene rings is 1. The number of hydrogen-bond donors (Lipinski definition) is 2. The van der Waals surface area contributed by atoms with Crippen LogP contribution in [0.25, 0.3) is 0 Å². The first-order valence-electron chi connectivity index (χ1n) is 9.54. The summed E-state index contributed by atoms with van der Waals surface area (Å²) in [5.74, 6) is 0.935. The van der Waals surface area contributed by atoms with Gasteiger partial charge in [-0.2, -0.15) is 0 Å². The number of hydrogen-bond acceptors (Lipinski definition) is 2. The van der Waals surface area contributed by atoms with E-state index in [1.807, 2.05) is 24.3 Å². The second-order valence-electron chi connectivity index (χ2n) is 6.96. The molecule has 0 fully saturated rings. The fourth-order valence-electron chi connectivity index (χ4n) is 2.94. The molecule has 0 aliphatic heterocycles. The summed E-state index contributed by atoms with van der Waals surface area (Å²) in [6.45, 7) is 8.33. The zero-order valence-corrected chi connectivity index (χ0v) is 17.1. The monoisotopic (exact) mass is 374 g/mol. The van der Waals surface area contributed by atoms with Gasteiger partial charge in [0.15, 0.2) is 5.11 Å². The van der Waals surface area contributed by atoms with Crippen LogP contribution in [0.15, 0.2) is 47.1 Å². The van der Waals surface area contributed by atoms with Crippen molar-refractivity contribution in [3.05, 3.63) is 54.0 Å². The van der Waals surface area contributed by atoms with Crippen LogP contribution >= 0.6 is 12.2 Å². The van der Waals surface area contributed by atoms with Crippen molar-refractivity contribution in [3.63, 3.8) is 0 Å². The Labute approximate surface area is 163 Å². The molecule has 1 unspecified atom stereocenters. The normalized spacial score (nSPS) is 12.0. The summed E-state index contributed by atoms with van der Waals surface area (Å²) in [5.41, 5.74) is 2.25. The zero-order chi connectivity index (χ0) is 18.8. The second kappa shape index (κ2) is 11.0. The highest BCUT2D eigenvalue weighted by Gasteiger charge is 2.13. The molecule has 5 heteroatoms. The van der Waals surface area contributed by atoms with E-state index in [4.69, 9.17) is 16.6 Å². The van der Waals surface area contributed by atoms with Crippen LogP contribution in [0.1, 0.15) is 37.5 Å². The van der Waals surface area contributed by atoms with Gasteiger partial charge in [0.25, 0.3) is 0 Å². The van der Waals surface area contributed by atoms with Crippen LogP contribution < -0.4 is 10.2 Å². The Bertz CT molecular complexity index is 657. The van der Waals surface area contributed by atoms with Crippen LogP contribution in [-0.4, -0.2) is 36.7 Å². The predicted molar refractivity (Wildman–Crippen MR) is 113 cm³/mol. The molecule has 0 amide bonds. The van der Waals surface area contributed by atoms with Crippen molar-refractivity contribution in [2.24, 2.45) is 0 Å². The smallest absolute Gasteiger partial charge is 0.173 e. The average Bonchev–Trinajstić information content (AvgIpc) is 3.12. The van der Waals surface area contributed by atoms with Gasteiger partial charge in [0.2, 0.25) is 0 Å². The number of rotatable bonds is 10. The number of thiocarbonyl (C=S) groups is 1. The van der Waals surface area contributed by atoms with E-state index in [0.29, 0.717) is 6.54 Å². The van der Waals surface area contributed by atoms with E-state index in [1.54, 1.807) is 11.2 Å². The summed E-state index contributed by atoms with van der Waals surface area (Å²) in [6, 6.07) is 12.2. The molecular formula is C21H32N3OS+. The zero-order valence-electron chi connectivity index (χ0n) is 16.3. The Kier molecular flexibility index (Phi) is 8.65. The molecule has 0 bridgehead atoms. The van der Waals surface area contributed by atoms with Crippen molar-refractivity contribution < 1.29 is 9.32 Å². The molecule has 1 atom stereocenters. The maximum absolute atomic E-state index is 5.69. The summed E-state index contributed by atoms with van der Waals surface area (Å²) < 4.78 is 5.53. The highest BCUT2D eigenvalue weighted by atomic mass is 32.1. The van der Waals surface area contributed by atoms with Crippen molar-refractivity contribution >= 4 is 23.0 Å². The number of quaternary nitrogens is 1. The number of nitrogens with zero attached hydrogens (tertiary/aromatic N) is 1. The Hall–Kier alpha value is -1.85. The largest absolute Gasteiger partial charge is 0.467 e. The highest BCUT2D eigenvalue weighted by molar-refractivity contribution is 7.80. The maximum atomic E-state index is 5.69. The SMILES string of the molecule is CCCC[NH+](C)CCCN(Cc1ccco1)C(=S)Nc1cccc(C)c1. The van der Waals surface area contributed by atoms with Crippen LogP contribution in [0, 0.1) is 6.92 Å². The Morgan fingerprint density at radius 3 is 2.69 bits per heavy atom. The lowest BCUT2D eigenvalue weighted by atomic mass is 10.2. The van der Waals surface area contributed by atoms with Gasteiger partial charge in [0.05, 0.1) is 32.9 Å². The topological polar surface area (TPSA) is 32.9 Å². The summed E-state index contributed by atoms with van der Waals surface area (Å²) in [7, 11) is 2.27.